The van der Waals surface area contributed by atoms with Gasteiger partial charge >= 0.3 is 0 Å². The van der Waals surface area contributed by atoms with Gasteiger partial charge in [0.25, 0.3) is 0 Å². The Hall–Kier alpha value is -2.63. The van der Waals surface area contributed by atoms with Crippen molar-refractivity contribution in [1.29, 1.82) is 0 Å². The predicted molar refractivity (Wildman–Crippen MR) is 83.1 cm³/mol. The Labute approximate surface area is 134 Å². The van der Waals surface area contributed by atoms with Crippen molar-refractivity contribution in [2.75, 3.05) is 6.54 Å². The minimum absolute atomic E-state index is 0.0152. The smallest absolute Gasteiger partial charge is 0.225 e. The molecule has 1 saturated heterocycles. The summed E-state index contributed by atoms with van der Waals surface area (Å²) in [7, 11) is 0. The highest BCUT2D eigenvalue weighted by molar-refractivity contribution is 5.89. The molecule has 3 heterocycles. The molecular formula is C17H19N3O3. The van der Waals surface area contributed by atoms with Crippen molar-refractivity contribution in [3.05, 3.63) is 53.7 Å². The Morgan fingerprint density at radius 1 is 1.43 bits per heavy atom. The zero-order chi connectivity index (χ0) is 16.2. The lowest BCUT2D eigenvalue weighted by atomic mass is 10.1. The number of aromatic nitrogens is 1. The van der Waals surface area contributed by atoms with E-state index in [0.29, 0.717) is 19.6 Å². The first-order valence-corrected chi connectivity index (χ1v) is 7.61. The second-order valence-electron chi connectivity index (χ2n) is 5.78. The number of hydrogen-bond donors (Lipinski definition) is 1. The first kappa shape index (κ1) is 15.3. The predicted octanol–water partition coefficient (Wildman–Crippen LogP) is 1.65. The second kappa shape index (κ2) is 6.64. The average molecular weight is 313 g/mol. The largest absolute Gasteiger partial charge is 0.467 e. The molecule has 1 aliphatic heterocycles. The zero-order valence-corrected chi connectivity index (χ0v) is 13.0. The molecule has 0 aromatic carbocycles. The number of amides is 2. The average Bonchev–Trinajstić information content (AvgIpc) is 3.17. The molecule has 0 spiro atoms. The molecule has 1 unspecified atom stereocenters. The lowest BCUT2D eigenvalue weighted by Gasteiger charge is -2.15. The second-order valence-corrected chi connectivity index (χ2v) is 5.78. The number of hydrogen-bond acceptors (Lipinski definition) is 4. The van der Waals surface area contributed by atoms with E-state index in [2.05, 4.69) is 10.3 Å². The summed E-state index contributed by atoms with van der Waals surface area (Å²) in [6.07, 6.45) is 3.58. The Bertz CT molecular complexity index is 680. The van der Waals surface area contributed by atoms with E-state index in [9.17, 15) is 9.59 Å². The highest BCUT2D eigenvalue weighted by atomic mass is 16.3. The molecule has 2 amide bonds. The third-order valence-corrected chi connectivity index (χ3v) is 3.95. The number of carbonyl (C=O) groups excluding carboxylic acids is 2. The summed E-state index contributed by atoms with van der Waals surface area (Å²) in [6, 6.07) is 7.46. The van der Waals surface area contributed by atoms with Crippen LogP contribution in [0.2, 0.25) is 0 Å². The molecule has 6 nitrogen and oxygen atoms in total. The summed E-state index contributed by atoms with van der Waals surface area (Å²) in [4.78, 5) is 30.1. The van der Waals surface area contributed by atoms with Crippen molar-refractivity contribution in [2.45, 2.75) is 26.4 Å². The van der Waals surface area contributed by atoms with Crippen molar-refractivity contribution in [1.82, 2.24) is 15.2 Å². The van der Waals surface area contributed by atoms with Gasteiger partial charge in [-0.25, -0.2) is 0 Å². The molecule has 120 valence electrons. The fraction of sp³-hybridized carbons (Fsp3) is 0.353. The number of nitrogens with one attached hydrogen (secondary N) is 1. The number of carbonyl (C=O) groups is 2. The number of aryl methyl sites for hydroxylation is 1. The van der Waals surface area contributed by atoms with Gasteiger partial charge in [0.15, 0.2) is 0 Å². The van der Waals surface area contributed by atoms with E-state index in [1.165, 1.54) is 0 Å². The van der Waals surface area contributed by atoms with E-state index in [4.69, 9.17) is 4.42 Å². The van der Waals surface area contributed by atoms with Gasteiger partial charge < -0.3 is 14.6 Å². The third-order valence-electron chi connectivity index (χ3n) is 3.95. The van der Waals surface area contributed by atoms with Crippen LogP contribution in [0, 0.1) is 12.8 Å². The number of nitrogens with zero attached hydrogens (tertiary/aromatic N) is 2. The van der Waals surface area contributed by atoms with Gasteiger partial charge in [0.05, 0.1) is 18.7 Å². The molecule has 0 radical (unpaired) electrons. The SMILES string of the molecule is Cc1ccc(CNC(=O)C2CC(=O)N(Cc3ccco3)C2)cn1. The molecule has 6 heteroatoms. The van der Waals surface area contributed by atoms with Crippen LogP contribution in [0.3, 0.4) is 0 Å². The number of pyridine rings is 1. The number of rotatable bonds is 5. The van der Waals surface area contributed by atoms with Gasteiger partial charge in [-0.2, -0.15) is 0 Å². The fourth-order valence-electron chi connectivity index (χ4n) is 2.63. The third kappa shape index (κ3) is 3.77. The maximum atomic E-state index is 12.2. The van der Waals surface area contributed by atoms with Crippen LogP contribution in [0.1, 0.15) is 23.4 Å². The minimum atomic E-state index is -0.309. The van der Waals surface area contributed by atoms with Crippen molar-refractivity contribution in [3.63, 3.8) is 0 Å². The van der Waals surface area contributed by atoms with Crippen molar-refractivity contribution in [2.24, 2.45) is 5.92 Å². The Balaban J connectivity index is 1.52. The van der Waals surface area contributed by atoms with Crippen LogP contribution in [0.25, 0.3) is 0 Å². The van der Waals surface area contributed by atoms with Crippen LogP contribution in [-0.2, 0) is 22.7 Å². The van der Waals surface area contributed by atoms with E-state index < -0.39 is 0 Å². The highest BCUT2D eigenvalue weighted by Gasteiger charge is 2.34. The first-order valence-electron chi connectivity index (χ1n) is 7.61. The summed E-state index contributed by atoms with van der Waals surface area (Å²) in [5, 5.41) is 2.88. The van der Waals surface area contributed by atoms with E-state index in [-0.39, 0.29) is 24.2 Å². The van der Waals surface area contributed by atoms with Gasteiger partial charge in [0.1, 0.15) is 5.76 Å². The van der Waals surface area contributed by atoms with Crippen LogP contribution in [0.4, 0.5) is 0 Å². The Kier molecular flexibility index (Phi) is 4.41. The maximum Gasteiger partial charge on any atom is 0.225 e. The molecule has 1 fully saturated rings. The monoisotopic (exact) mass is 313 g/mol. The molecule has 3 rings (SSSR count). The molecule has 0 aliphatic carbocycles. The molecule has 1 N–H and O–H groups in total. The van der Waals surface area contributed by atoms with Gasteiger partial charge in [-0.15, -0.1) is 0 Å². The van der Waals surface area contributed by atoms with E-state index >= 15 is 0 Å². The van der Waals surface area contributed by atoms with Gasteiger partial charge in [0, 0.05) is 31.4 Å². The van der Waals surface area contributed by atoms with Crippen LogP contribution < -0.4 is 5.32 Å². The Morgan fingerprint density at radius 2 is 2.30 bits per heavy atom. The van der Waals surface area contributed by atoms with Crippen LogP contribution in [0.5, 0.6) is 0 Å². The number of furan rings is 1. The highest BCUT2D eigenvalue weighted by Crippen LogP contribution is 2.20. The summed E-state index contributed by atoms with van der Waals surface area (Å²) in [5.74, 6) is 0.306. The van der Waals surface area contributed by atoms with E-state index in [1.54, 1.807) is 23.4 Å². The first-order chi connectivity index (χ1) is 11.1. The van der Waals surface area contributed by atoms with Gasteiger partial charge in [-0.3, -0.25) is 14.6 Å². The van der Waals surface area contributed by atoms with Gasteiger partial charge in [-0.05, 0) is 30.7 Å². The fourth-order valence-corrected chi connectivity index (χ4v) is 2.63. The van der Waals surface area contributed by atoms with Crippen LogP contribution >= 0.6 is 0 Å². The molecule has 23 heavy (non-hydrogen) atoms. The lowest BCUT2D eigenvalue weighted by molar-refractivity contribution is -0.129. The van der Waals surface area contributed by atoms with Crippen LogP contribution in [0.15, 0.2) is 41.1 Å². The molecule has 2 aromatic heterocycles. The van der Waals surface area contributed by atoms with E-state index in [0.717, 1.165) is 17.0 Å². The van der Waals surface area contributed by atoms with Crippen molar-refractivity contribution < 1.29 is 14.0 Å². The molecule has 1 atom stereocenters. The maximum absolute atomic E-state index is 12.2. The summed E-state index contributed by atoms with van der Waals surface area (Å²) < 4.78 is 5.25. The molecular weight excluding hydrogens is 294 g/mol. The minimum Gasteiger partial charge on any atom is -0.467 e. The molecule has 0 bridgehead atoms. The summed E-state index contributed by atoms with van der Waals surface area (Å²) in [5.41, 5.74) is 1.88. The normalized spacial score (nSPS) is 17.5. The number of likely N-dealkylation sites (tertiary alicyclic amines) is 1. The zero-order valence-electron chi connectivity index (χ0n) is 13.0. The molecule has 0 saturated carbocycles. The molecule has 2 aromatic rings. The molecule has 1 aliphatic rings. The van der Waals surface area contributed by atoms with Crippen LogP contribution in [-0.4, -0.2) is 28.2 Å². The van der Waals surface area contributed by atoms with Crippen molar-refractivity contribution in [3.8, 4) is 0 Å². The summed E-state index contributed by atoms with van der Waals surface area (Å²) in [6.45, 7) is 3.18. The standard InChI is InChI=1S/C17H19N3O3/c1-12-4-5-13(8-18-12)9-19-17(22)14-7-16(21)20(10-14)11-15-3-2-6-23-15/h2-6,8,14H,7,9-11H2,1H3,(H,19,22). The van der Waals surface area contributed by atoms with Crippen molar-refractivity contribution >= 4 is 11.8 Å². The van der Waals surface area contributed by atoms with Gasteiger partial charge in [-0.1, -0.05) is 6.07 Å². The quantitative estimate of drug-likeness (QED) is 0.910. The topological polar surface area (TPSA) is 75.4 Å². The van der Waals surface area contributed by atoms with Gasteiger partial charge in [0.2, 0.25) is 11.8 Å². The lowest BCUT2D eigenvalue weighted by Crippen LogP contribution is -2.32. The summed E-state index contributed by atoms with van der Waals surface area (Å²) >= 11 is 0. The van der Waals surface area contributed by atoms with E-state index in [1.807, 2.05) is 25.1 Å². The Morgan fingerprint density at radius 3 is 3.00 bits per heavy atom.